The first kappa shape index (κ1) is 14.8. The third-order valence-electron chi connectivity index (χ3n) is 3.72. The second kappa shape index (κ2) is 6.69. The van der Waals surface area contributed by atoms with E-state index in [9.17, 15) is 0 Å². The number of rotatable bonds is 5. The summed E-state index contributed by atoms with van der Waals surface area (Å²) in [6, 6.07) is 17.1. The van der Waals surface area contributed by atoms with E-state index in [1.165, 1.54) is 22.3 Å². The number of hydrogen-bond donors (Lipinski definition) is 1. The van der Waals surface area contributed by atoms with E-state index in [4.69, 9.17) is 5.73 Å². The van der Waals surface area contributed by atoms with Gasteiger partial charge in [-0.3, -0.25) is 0 Å². The molecule has 0 aliphatic rings. The zero-order valence-corrected chi connectivity index (χ0v) is 12.6. The van der Waals surface area contributed by atoms with Gasteiger partial charge in [-0.2, -0.15) is 0 Å². The third-order valence-corrected chi connectivity index (χ3v) is 3.72. The molecule has 2 N–H and O–H groups in total. The Kier molecular flexibility index (Phi) is 4.94. The molecule has 0 heterocycles. The molecule has 2 rings (SSSR count). The Morgan fingerprint density at radius 1 is 1.00 bits per heavy atom. The van der Waals surface area contributed by atoms with Crippen molar-refractivity contribution in [1.82, 2.24) is 4.90 Å². The van der Waals surface area contributed by atoms with Crippen molar-refractivity contribution in [1.29, 1.82) is 0 Å². The fourth-order valence-electron chi connectivity index (χ4n) is 2.40. The van der Waals surface area contributed by atoms with Crippen LogP contribution >= 0.6 is 0 Å². The molecule has 1 atom stereocenters. The van der Waals surface area contributed by atoms with Gasteiger partial charge in [0.05, 0.1) is 0 Å². The molecule has 0 amide bonds. The number of nitrogens with zero attached hydrogens (tertiary/aromatic N) is 1. The zero-order chi connectivity index (χ0) is 14.5. The van der Waals surface area contributed by atoms with Crippen molar-refractivity contribution >= 4 is 0 Å². The Hall–Kier alpha value is -1.64. The van der Waals surface area contributed by atoms with Crippen LogP contribution in [-0.2, 0) is 6.54 Å². The monoisotopic (exact) mass is 268 g/mol. The van der Waals surface area contributed by atoms with Gasteiger partial charge in [-0.05, 0) is 37.6 Å². The average Bonchev–Trinajstić information content (AvgIpc) is 2.42. The lowest BCUT2D eigenvalue weighted by Crippen LogP contribution is -2.29. The normalized spacial score (nSPS) is 12.7. The Labute approximate surface area is 122 Å². The number of benzene rings is 2. The van der Waals surface area contributed by atoms with Crippen LogP contribution in [0.1, 0.15) is 28.3 Å². The van der Waals surface area contributed by atoms with Gasteiger partial charge in [-0.25, -0.2) is 0 Å². The Bertz CT molecular complexity index is 546. The van der Waals surface area contributed by atoms with E-state index in [0.717, 1.165) is 13.1 Å². The SMILES string of the molecule is Cc1ccc(C(N)CN(C)Cc2ccccc2C)cc1. The lowest BCUT2D eigenvalue weighted by Gasteiger charge is -2.22. The highest BCUT2D eigenvalue weighted by molar-refractivity contribution is 5.26. The summed E-state index contributed by atoms with van der Waals surface area (Å²) in [6.45, 7) is 6.05. The quantitative estimate of drug-likeness (QED) is 0.900. The molecule has 0 saturated carbocycles. The molecule has 0 radical (unpaired) electrons. The van der Waals surface area contributed by atoms with Crippen LogP contribution in [0.5, 0.6) is 0 Å². The molecule has 0 saturated heterocycles. The minimum Gasteiger partial charge on any atom is -0.323 e. The van der Waals surface area contributed by atoms with Gasteiger partial charge in [-0.15, -0.1) is 0 Å². The highest BCUT2D eigenvalue weighted by Crippen LogP contribution is 2.15. The average molecular weight is 268 g/mol. The largest absolute Gasteiger partial charge is 0.323 e. The molecule has 0 aromatic heterocycles. The predicted molar refractivity (Wildman–Crippen MR) is 85.6 cm³/mol. The molecule has 2 nitrogen and oxygen atoms in total. The second-order valence-corrected chi connectivity index (χ2v) is 5.64. The molecule has 20 heavy (non-hydrogen) atoms. The molecular formula is C18H24N2. The summed E-state index contributed by atoms with van der Waals surface area (Å²) in [7, 11) is 2.13. The molecule has 0 fully saturated rings. The van der Waals surface area contributed by atoms with E-state index < -0.39 is 0 Å². The fraction of sp³-hybridized carbons (Fsp3) is 0.333. The number of nitrogens with two attached hydrogens (primary N) is 1. The molecule has 0 aliphatic heterocycles. The molecule has 2 aromatic carbocycles. The second-order valence-electron chi connectivity index (χ2n) is 5.64. The van der Waals surface area contributed by atoms with Crippen molar-refractivity contribution in [3.63, 3.8) is 0 Å². The first-order valence-electron chi connectivity index (χ1n) is 7.11. The highest BCUT2D eigenvalue weighted by Gasteiger charge is 2.10. The van der Waals surface area contributed by atoms with Gasteiger partial charge >= 0.3 is 0 Å². The van der Waals surface area contributed by atoms with Crippen molar-refractivity contribution in [3.05, 3.63) is 70.8 Å². The van der Waals surface area contributed by atoms with Crippen LogP contribution in [-0.4, -0.2) is 18.5 Å². The van der Waals surface area contributed by atoms with Crippen molar-refractivity contribution in [2.24, 2.45) is 5.73 Å². The maximum Gasteiger partial charge on any atom is 0.0424 e. The first-order chi connectivity index (χ1) is 9.56. The van der Waals surface area contributed by atoms with E-state index in [1.54, 1.807) is 0 Å². The zero-order valence-electron chi connectivity index (χ0n) is 12.6. The summed E-state index contributed by atoms with van der Waals surface area (Å²) in [4.78, 5) is 2.28. The van der Waals surface area contributed by atoms with E-state index in [1.807, 2.05) is 0 Å². The maximum absolute atomic E-state index is 6.30. The van der Waals surface area contributed by atoms with Crippen LogP contribution in [0.3, 0.4) is 0 Å². The predicted octanol–water partition coefficient (Wildman–Crippen LogP) is 3.44. The van der Waals surface area contributed by atoms with Gasteiger partial charge in [0, 0.05) is 19.1 Å². The van der Waals surface area contributed by atoms with Crippen LogP contribution in [0.15, 0.2) is 48.5 Å². The van der Waals surface area contributed by atoms with E-state index in [-0.39, 0.29) is 6.04 Å². The topological polar surface area (TPSA) is 29.3 Å². The third kappa shape index (κ3) is 3.92. The summed E-state index contributed by atoms with van der Waals surface area (Å²) in [5.41, 5.74) is 11.5. The van der Waals surface area contributed by atoms with Crippen molar-refractivity contribution in [2.45, 2.75) is 26.4 Å². The molecule has 2 heteroatoms. The van der Waals surface area contributed by atoms with Gasteiger partial charge in [-0.1, -0.05) is 54.1 Å². The summed E-state index contributed by atoms with van der Waals surface area (Å²) in [5, 5.41) is 0. The van der Waals surface area contributed by atoms with Gasteiger partial charge in [0.25, 0.3) is 0 Å². The van der Waals surface area contributed by atoms with Crippen molar-refractivity contribution in [3.8, 4) is 0 Å². The van der Waals surface area contributed by atoms with Crippen LogP contribution < -0.4 is 5.73 Å². The minimum atomic E-state index is 0.0598. The molecule has 2 aromatic rings. The standard InChI is InChI=1S/C18H24N2/c1-14-8-10-16(11-9-14)18(19)13-20(3)12-17-7-5-4-6-15(17)2/h4-11,18H,12-13,19H2,1-3H3. The highest BCUT2D eigenvalue weighted by atomic mass is 15.1. The fourth-order valence-corrected chi connectivity index (χ4v) is 2.40. The lowest BCUT2D eigenvalue weighted by molar-refractivity contribution is 0.304. The van der Waals surface area contributed by atoms with Gasteiger partial charge in [0.15, 0.2) is 0 Å². The smallest absolute Gasteiger partial charge is 0.0424 e. The Morgan fingerprint density at radius 3 is 2.30 bits per heavy atom. The summed E-state index contributed by atoms with van der Waals surface area (Å²) >= 11 is 0. The number of hydrogen-bond acceptors (Lipinski definition) is 2. The molecule has 0 spiro atoms. The van der Waals surface area contributed by atoms with E-state index in [2.05, 4.69) is 74.3 Å². The molecular weight excluding hydrogens is 244 g/mol. The summed E-state index contributed by atoms with van der Waals surface area (Å²) < 4.78 is 0. The molecule has 0 aliphatic carbocycles. The summed E-state index contributed by atoms with van der Waals surface area (Å²) in [6.07, 6.45) is 0. The lowest BCUT2D eigenvalue weighted by atomic mass is 10.0. The number of aryl methyl sites for hydroxylation is 2. The summed E-state index contributed by atoms with van der Waals surface area (Å²) in [5.74, 6) is 0. The number of likely N-dealkylation sites (N-methyl/N-ethyl adjacent to an activating group) is 1. The molecule has 1 unspecified atom stereocenters. The molecule has 0 bridgehead atoms. The Morgan fingerprint density at radius 2 is 1.65 bits per heavy atom. The van der Waals surface area contributed by atoms with Crippen LogP contribution in [0, 0.1) is 13.8 Å². The van der Waals surface area contributed by atoms with Gasteiger partial charge < -0.3 is 10.6 Å². The van der Waals surface area contributed by atoms with Crippen molar-refractivity contribution < 1.29 is 0 Å². The molecule has 106 valence electrons. The van der Waals surface area contributed by atoms with E-state index in [0.29, 0.717) is 0 Å². The Balaban J connectivity index is 1.96. The maximum atomic E-state index is 6.30. The van der Waals surface area contributed by atoms with Gasteiger partial charge in [0.2, 0.25) is 0 Å². The van der Waals surface area contributed by atoms with Crippen LogP contribution in [0.25, 0.3) is 0 Å². The van der Waals surface area contributed by atoms with E-state index >= 15 is 0 Å². The first-order valence-corrected chi connectivity index (χ1v) is 7.11. The van der Waals surface area contributed by atoms with Crippen molar-refractivity contribution in [2.75, 3.05) is 13.6 Å². The van der Waals surface area contributed by atoms with Crippen LogP contribution in [0.4, 0.5) is 0 Å². The minimum absolute atomic E-state index is 0.0598. The van der Waals surface area contributed by atoms with Crippen LogP contribution in [0.2, 0.25) is 0 Å². The van der Waals surface area contributed by atoms with Gasteiger partial charge in [0.1, 0.15) is 0 Å².